The van der Waals surface area contributed by atoms with Gasteiger partial charge in [-0.25, -0.2) is 4.39 Å². The van der Waals surface area contributed by atoms with Gasteiger partial charge in [0.15, 0.2) is 6.61 Å². The van der Waals surface area contributed by atoms with Crippen molar-refractivity contribution in [2.75, 3.05) is 11.9 Å². The third-order valence-electron chi connectivity index (χ3n) is 3.71. The number of nitrogens with one attached hydrogen (secondary N) is 1. The lowest BCUT2D eigenvalue weighted by molar-refractivity contribution is -0.149. The van der Waals surface area contributed by atoms with E-state index in [0.717, 1.165) is 11.1 Å². The molecule has 0 aliphatic rings. The molecule has 2 rings (SSSR count). The predicted octanol–water partition coefficient (Wildman–Crippen LogP) is 3.81. The molecule has 4 nitrogen and oxygen atoms in total. The zero-order chi connectivity index (χ0) is 17.5. The highest BCUT2D eigenvalue weighted by Crippen LogP contribution is 2.21. The quantitative estimate of drug-likeness (QED) is 0.820. The van der Waals surface area contributed by atoms with E-state index in [2.05, 4.69) is 5.32 Å². The van der Waals surface area contributed by atoms with Crippen LogP contribution in [0.5, 0.6) is 0 Å². The number of hydrogen-bond acceptors (Lipinski definition) is 3. The Bertz CT molecular complexity index is 716. The Hall–Kier alpha value is -2.69. The molecule has 0 aromatic heterocycles. The van der Waals surface area contributed by atoms with Crippen LogP contribution in [0.15, 0.2) is 48.5 Å². The summed E-state index contributed by atoms with van der Waals surface area (Å²) in [6.45, 7) is 3.23. The summed E-state index contributed by atoms with van der Waals surface area (Å²) in [4.78, 5) is 24.1. The van der Waals surface area contributed by atoms with Crippen LogP contribution < -0.4 is 5.32 Å². The second-order valence-corrected chi connectivity index (χ2v) is 5.49. The molecule has 0 unspecified atom stereocenters. The van der Waals surface area contributed by atoms with Gasteiger partial charge in [0.05, 0.1) is 5.92 Å². The van der Waals surface area contributed by atoms with Crippen molar-refractivity contribution in [1.82, 2.24) is 0 Å². The highest BCUT2D eigenvalue weighted by Gasteiger charge is 2.21. The van der Waals surface area contributed by atoms with Crippen molar-refractivity contribution in [1.29, 1.82) is 0 Å². The molecule has 2 aromatic rings. The fourth-order valence-corrected chi connectivity index (χ4v) is 2.38. The normalized spacial score (nSPS) is 11.6. The molecule has 5 heteroatoms. The average molecular weight is 329 g/mol. The highest BCUT2D eigenvalue weighted by atomic mass is 19.1. The van der Waals surface area contributed by atoms with Crippen LogP contribution in [0, 0.1) is 12.7 Å². The Morgan fingerprint density at radius 2 is 1.88 bits per heavy atom. The maximum absolute atomic E-state index is 13.2. The van der Waals surface area contributed by atoms with E-state index < -0.39 is 30.2 Å². The summed E-state index contributed by atoms with van der Waals surface area (Å²) in [6, 6.07) is 13.4. The number of esters is 1. The zero-order valence-electron chi connectivity index (χ0n) is 13.7. The topological polar surface area (TPSA) is 55.4 Å². The zero-order valence-corrected chi connectivity index (χ0v) is 13.7. The lowest BCUT2D eigenvalue weighted by Gasteiger charge is -2.15. The number of hydrogen-bond donors (Lipinski definition) is 1. The van der Waals surface area contributed by atoms with Crippen LogP contribution in [-0.4, -0.2) is 18.5 Å². The molecule has 126 valence electrons. The monoisotopic (exact) mass is 329 g/mol. The van der Waals surface area contributed by atoms with Gasteiger partial charge in [-0.2, -0.15) is 0 Å². The Morgan fingerprint density at radius 3 is 2.54 bits per heavy atom. The first-order valence-electron chi connectivity index (χ1n) is 7.79. The van der Waals surface area contributed by atoms with Crippen LogP contribution in [0.1, 0.15) is 30.4 Å². The van der Waals surface area contributed by atoms with Crippen LogP contribution in [0.3, 0.4) is 0 Å². The van der Waals surface area contributed by atoms with Gasteiger partial charge < -0.3 is 10.1 Å². The van der Waals surface area contributed by atoms with E-state index in [9.17, 15) is 14.0 Å². The van der Waals surface area contributed by atoms with Crippen molar-refractivity contribution < 1.29 is 18.7 Å². The van der Waals surface area contributed by atoms with Gasteiger partial charge in [0.25, 0.3) is 5.91 Å². The number of carbonyl (C=O) groups is 2. The first-order chi connectivity index (χ1) is 11.5. The van der Waals surface area contributed by atoms with Crippen molar-refractivity contribution in [3.05, 3.63) is 65.5 Å². The van der Waals surface area contributed by atoms with Crippen molar-refractivity contribution in [2.45, 2.75) is 26.2 Å². The number of ether oxygens (including phenoxy) is 1. The fraction of sp³-hybridized carbons (Fsp3) is 0.263. The largest absolute Gasteiger partial charge is 0.455 e. The van der Waals surface area contributed by atoms with E-state index in [1.54, 1.807) is 13.0 Å². The molecule has 0 aliphatic heterocycles. The van der Waals surface area contributed by atoms with Gasteiger partial charge in [0.2, 0.25) is 0 Å². The minimum Gasteiger partial charge on any atom is -0.455 e. The van der Waals surface area contributed by atoms with Crippen LogP contribution in [-0.2, 0) is 14.3 Å². The summed E-state index contributed by atoms with van der Waals surface area (Å²) in [5.41, 5.74) is 1.95. The Balaban J connectivity index is 1.93. The Kier molecular flexibility index (Phi) is 6.07. The maximum atomic E-state index is 13.2. The van der Waals surface area contributed by atoms with Gasteiger partial charge in [-0.3, -0.25) is 9.59 Å². The SMILES string of the molecule is CC[C@@H](C(=O)OCC(=O)Nc1cc(F)ccc1C)c1ccccc1. The summed E-state index contributed by atoms with van der Waals surface area (Å²) < 4.78 is 18.3. The summed E-state index contributed by atoms with van der Waals surface area (Å²) in [5.74, 6) is -1.80. The number of aryl methyl sites for hydroxylation is 1. The lowest BCUT2D eigenvalue weighted by Crippen LogP contribution is -2.24. The van der Waals surface area contributed by atoms with Crippen molar-refractivity contribution in [3.8, 4) is 0 Å². The molecule has 0 bridgehead atoms. The third kappa shape index (κ3) is 4.65. The molecule has 0 aliphatic carbocycles. The van der Waals surface area contributed by atoms with E-state index in [1.807, 2.05) is 37.3 Å². The second kappa shape index (κ2) is 8.24. The van der Waals surface area contributed by atoms with Gasteiger partial charge in [-0.05, 0) is 36.6 Å². The van der Waals surface area contributed by atoms with Gasteiger partial charge >= 0.3 is 5.97 Å². The van der Waals surface area contributed by atoms with Crippen LogP contribution in [0.25, 0.3) is 0 Å². The molecule has 0 spiro atoms. The van der Waals surface area contributed by atoms with E-state index >= 15 is 0 Å². The molecule has 1 N–H and O–H groups in total. The average Bonchev–Trinajstić information content (AvgIpc) is 2.58. The smallest absolute Gasteiger partial charge is 0.313 e. The standard InChI is InChI=1S/C19H20FNO3/c1-3-16(14-7-5-4-6-8-14)19(23)24-12-18(22)21-17-11-15(20)10-9-13(17)2/h4-11,16H,3,12H2,1-2H3,(H,21,22)/t16-/m1/s1. The van der Waals surface area contributed by atoms with Gasteiger partial charge in [0, 0.05) is 5.69 Å². The van der Waals surface area contributed by atoms with Crippen LogP contribution in [0.2, 0.25) is 0 Å². The molecular formula is C19H20FNO3. The van der Waals surface area contributed by atoms with E-state index in [1.165, 1.54) is 12.1 Å². The molecule has 0 radical (unpaired) electrons. The lowest BCUT2D eigenvalue weighted by atomic mass is 9.97. The summed E-state index contributed by atoms with van der Waals surface area (Å²) in [7, 11) is 0. The third-order valence-corrected chi connectivity index (χ3v) is 3.71. The number of anilines is 1. The Labute approximate surface area is 140 Å². The molecule has 2 aromatic carbocycles. The molecule has 1 amide bonds. The molecule has 0 fully saturated rings. The minimum atomic E-state index is -0.500. The van der Waals surface area contributed by atoms with Crippen molar-refractivity contribution in [3.63, 3.8) is 0 Å². The van der Waals surface area contributed by atoms with Crippen molar-refractivity contribution in [2.24, 2.45) is 0 Å². The van der Waals surface area contributed by atoms with E-state index in [4.69, 9.17) is 4.74 Å². The second-order valence-electron chi connectivity index (χ2n) is 5.49. The number of halogens is 1. The Morgan fingerprint density at radius 1 is 1.17 bits per heavy atom. The first kappa shape index (κ1) is 17.7. The molecular weight excluding hydrogens is 309 g/mol. The van der Waals surface area contributed by atoms with Crippen LogP contribution >= 0.6 is 0 Å². The summed E-state index contributed by atoms with van der Waals surface area (Å²) >= 11 is 0. The maximum Gasteiger partial charge on any atom is 0.313 e. The molecule has 24 heavy (non-hydrogen) atoms. The number of rotatable bonds is 6. The van der Waals surface area contributed by atoms with Gasteiger partial charge in [0.1, 0.15) is 5.82 Å². The molecule has 0 heterocycles. The van der Waals surface area contributed by atoms with Gasteiger partial charge in [-0.15, -0.1) is 0 Å². The first-order valence-corrected chi connectivity index (χ1v) is 7.79. The summed E-state index contributed by atoms with van der Waals surface area (Å²) in [5, 5.41) is 2.55. The highest BCUT2D eigenvalue weighted by molar-refractivity contribution is 5.93. The molecule has 0 saturated carbocycles. The number of carbonyl (C=O) groups excluding carboxylic acids is 2. The number of amides is 1. The molecule has 0 saturated heterocycles. The van der Waals surface area contributed by atoms with E-state index in [-0.39, 0.29) is 0 Å². The van der Waals surface area contributed by atoms with E-state index in [0.29, 0.717) is 12.1 Å². The molecule has 1 atom stereocenters. The fourth-order valence-electron chi connectivity index (χ4n) is 2.38. The van der Waals surface area contributed by atoms with Crippen molar-refractivity contribution >= 4 is 17.6 Å². The minimum absolute atomic E-state index is 0.367. The van der Waals surface area contributed by atoms with Gasteiger partial charge in [-0.1, -0.05) is 43.3 Å². The summed E-state index contributed by atoms with van der Waals surface area (Å²) in [6.07, 6.45) is 0.577. The van der Waals surface area contributed by atoms with Crippen LogP contribution in [0.4, 0.5) is 10.1 Å². The predicted molar refractivity (Wildman–Crippen MR) is 90.2 cm³/mol. The number of benzene rings is 2.